The number of aryl methyl sites for hydroxylation is 1. The molecule has 1 aromatic heterocycles. The van der Waals surface area contributed by atoms with Crippen LogP contribution in [-0.4, -0.2) is 38.7 Å². The van der Waals surface area contributed by atoms with Gasteiger partial charge in [0.1, 0.15) is 5.75 Å². The van der Waals surface area contributed by atoms with Gasteiger partial charge < -0.3 is 14.4 Å². The summed E-state index contributed by atoms with van der Waals surface area (Å²) in [5.41, 5.74) is 1.95. The molecule has 2 aromatic rings. The van der Waals surface area contributed by atoms with Crippen LogP contribution in [0.5, 0.6) is 5.75 Å². The zero-order valence-corrected chi connectivity index (χ0v) is 13.0. The van der Waals surface area contributed by atoms with Gasteiger partial charge in [-0.15, -0.1) is 10.2 Å². The largest absolute Gasteiger partial charge is 0.496 e. The third kappa shape index (κ3) is 3.36. The minimum Gasteiger partial charge on any atom is -0.496 e. The van der Waals surface area contributed by atoms with Crippen molar-refractivity contribution in [3.05, 3.63) is 23.8 Å². The second kappa shape index (κ2) is 6.62. The van der Waals surface area contributed by atoms with E-state index in [0.29, 0.717) is 17.5 Å². The van der Waals surface area contributed by atoms with Crippen molar-refractivity contribution in [2.75, 3.05) is 12.9 Å². The first-order valence-corrected chi connectivity index (χ1v) is 7.48. The van der Waals surface area contributed by atoms with Crippen molar-refractivity contribution in [2.45, 2.75) is 25.5 Å². The number of carboxylic acid groups (broad SMARTS) is 1. The highest BCUT2D eigenvalue weighted by molar-refractivity contribution is 7.99. The van der Waals surface area contributed by atoms with E-state index in [2.05, 4.69) is 10.2 Å². The predicted molar refractivity (Wildman–Crippen MR) is 80.8 cm³/mol. The molecule has 21 heavy (non-hydrogen) atoms. The summed E-state index contributed by atoms with van der Waals surface area (Å²) in [6.45, 7) is 4.62. The summed E-state index contributed by atoms with van der Waals surface area (Å²) in [7, 11) is 1.61. The third-order valence-corrected chi connectivity index (χ3v) is 3.91. The number of methoxy groups -OCH3 is 1. The summed E-state index contributed by atoms with van der Waals surface area (Å²) >= 11 is 1.16. The van der Waals surface area contributed by atoms with Crippen molar-refractivity contribution in [1.82, 2.24) is 14.8 Å². The minimum absolute atomic E-state index is 0.0386. The molecule has 0 radical (unpaired) electrons. The van der Waals surface area contributed by atoms with Gasteiger partial charge >= 0.3 is 5.97 Å². The molecule has 0 saturated carbocycles. The molecule has 1 aromatic carbocycles. The van der Waals surface area contributed by atoms with E-state index < -0.39 is 5.97 Å². The van der Waals surface area contributed by atoms with Gasteiger partial charge in [-0.1, -0.05) is 23.4 Å². The first-order valence-electron chi connectivity index (χ1n) is 6.49. The Balaban J connectivity index is 2.45. The van der Waals surface area contributed by atoms with E-state index in [1.807, 2.05) is 36.6 Å². The van der Waals surface area contributed by atoms with Crippen LogP contribution in [0.3, 0.4) is 0 Å². The van der Waals surface area contributed by atoms with Crippen LogP contribution in [0.1, 0.15) is 12.5 Å². The first-order chi connectivity index (χ1) is 10.1. The number of hydrogen-bond donors (Lipinski definition) is 1. The highest BCUT2D eigenvalue weighted by Gasteiger charge is 2.17. The molecule has 1 heterocycles. The van der Waals surface area contributed by atoms with E-state index in [1.54, 1.807) is 7.11 Å². The van der Waals surface area contributed by atoms with Gasteiger partial charge in [0.2, 0.25) is 0 Å². The molecule has 7 heteroatoms. The van der Waals surface area contributed by atoms with E-state index in [4.69, 9.17) is 9.84 Å². The molecule has 0 aliphatic heterocycles. The number of hydrogen-bond acceptors (Lipinski definition) is 5. The van der Waals surface area contributed by atoms with Gasteiger partial charge in [0, 0.05) is 6.54 Å². The van der Waals surface area contributed by atoms with Crippen molar-refractivity contribution in [1.29, 1.82) is 0 Å². The van der Waals surface area contributed by atoms with Crippen molar-refractivity contribution >= 4 is 17.7 Å². The summed E-state index contributed by atoms with van der Waals surface area (Å²) in [5.74, 6) is 0.493. The fourth-order valence-corrected chi connectivity index (χ4v) is 2.73. The maximum absolute atomic E-state index is 10.7. The number of rotatable bonds is 6. The fraction of sp³-hybridized carbons (Fsp3) is 0.357. The molecule has 0 aliphatic rings. The number of benzene rings is 1. The van der Waals surface area contributed by atoms with Crippen LogP contribution in [0.4, 0.5) is 0 Å². The molecule has 0 bridgehead atoms. The Hall–Kier alpha value is -2.02. The lowest BCUT2D eigenvalue weighted by Gasteiger charge is -2.11. The van der Waals surface area contributed by atoms with E-state index in [-0.39, 0.29) is 5.75 Å². The lowest BCUT2D eigenvalue weighted by molar-refractivity contribution is -0.133. The number of carboxylic acids is 1. The lowest BCUT2D eigenvalue weighted by Crippen LogP contribution is -2.04. The van der Waals surface area contributed by atoms with Crippen LogP contribution in [0.15, 0.2) is 23.4 Å². The summed E-state index contributed by atoms with van der Waals surface area (Å²) in [4.78, 5) is 10.7. The van der Waals surface area contributed by atoms with E-state index in [1.165, 1.54) is 0 Å². The molecule has 0 atom stereocenters. The Morgan fingerprint density at radius 1 is 1.43 bits per heavy atom. The van der Waals surface area contributed by atoms with Crippen LogP contribution in [0.25, 0.3) is 11.4 Å². The number of nitrogens with zero attached hydrogens (tertiary/aromatic N) is 3. The van der Waals surface area contributed by atoms with Gasteiger partial charge in [0.15, 0.2) is 11.0 Å². The maximum Gasteiger partial charge on any atom is 0.313 e. The topological polar surface area (TPSA) is 77.2 Å². The van der Waals surface area contributed by atoms with Crippen LogP contribution >= 0.6 is 11.8 Å². The second-order valence-electron chi connectivity index (χ2n) is 4.44. The molecular weight excluding hydrogens is 290 g/mol. The van der Waals surface area contributed by atoms with Gasteiger partial charge in [-0.05, 0) is 26.0 Å². The van der Waals surface area contributed by atoms with Crippen LogP contribution < -0.4 is 4.74 Å². The molecule has 1 N–H and O–H groups in total. The average molecular weight is 307 g/mol. The second-order valence-corrected chi connectivity index (χ2v) is 5.38. The molecule has 0 aliphatic carbocycles. The Morgan fingerprint density at radius 2 is 2.19 bits per heavy atom. The molecule has 0 saturated heterocycles. The van der Waals surface area contributed by atoms with E-state index in [0.717, 1.165) is 28.6 Å². The molecule has 112 valence electrons. The summed E-state index contributed by atoms with van der Waals surface area (Å²) in [6.07, 6.45) is 0. The van der Waals surface area contributed by atoms with Crippen molar-refractivity contribution in [3.63, 3.8) is 0 Å². The molecule has 0 fully saturated rings. The van der Waals surface area contributed by atoms with Gasteiger partial charge in [0.25, 0.3) is 0 Å². The number of thioether (sulfide) groups is 1. The molecule has 0 amide bonds. The van der Waals surface area contributed by atoms with Gasteiger partial charge in [0.05, 0.1) is 18.4 Å². The Morgan fingerprint density at radius 3 is 2.81 bits per heavy atom. The Bertz CT molecular complexity index is 655. The SMILES string of the molecule is CCn1c(SCC(=O)O)nnc1-c1cc(C)ccc1OC. The van der Waals surface area contributed by atoms with Gasteiger partial charge in [-0.2, -0.15) is 0 Å². The molecule has 0 unspecified atom stereocenters. The number of aliphatic carboxylic acids is 1. The number of ether oxygens (including phenoxy) is 1. The van der Waals surface area contributed by atoms with Crippen LogP contribution in [0, 0.1) is 6.92 Å². The summed E-state index contributed by atoms with van der Waals surface area (Å²) in [6, 6.07) is 5.85. The molecule has 2 rings (SSSR count). The quantitative estimate of drug-likeness (QED) is 0.826. The standard InChI is InChI=1S/C14H17N3O3S/c1-4-17-13(15-16-14(17)21-8-12(18)19)10-7-9(2)5-6-11(10)20-3/h5-7H,4,8H2,1-3H3,(H,18,19). The average Bonchev–Trinajstić information content (AvgIpc) is 2.87. The minimum atomic E-state index is -0.875. The van der Waals surface area contributed by atoms with Gasteiger partial charge in [-0.3, -0.25) is 4.79 Å². The Labute approximate surface area is 127 Å². The van der Waals surface area contributed by atoms with Crippen molar-refractivity contribution in [3.8, 4) is 17.1 Å². The van der Waals surface area contributed by atoms with Crippen molar-refractivity contribution in [2.24, 2.45) is 0 Å². The van der Waals surface area contributed by atoms with E-state index >= 15 is 0 Å². The lowest BCUT2D eigenvalue weighted by atomic mass is 10.1. The van der Waals surface area contributed by atoms with Crippen LogP contribution in [0.2, 0.25) is 0 Å². The Kier molecular flexibility index (Phi) is 4.85. The fourth-order valence-electron chi connectivity index (χ4n) is 2.00. The summed E-state index contributed by atoms with van der Waals surface area (Å²) < 4.78 is 7.27. The van der Waals surface area contributed by atoms with Crippen LogP contribution in [-0.2, 0) is 11.3 Å². The smallest absolute Gasteiger partial charge is 0.313 e. The van der Waals surface area contributed by atoms with Crippen molar-refractivity contribution < 1.29 is 14.6 Å². The zero-order valence-electron chi connectivity index (χ0n) is 12.2. The third-order valence-electron chi connectivity index (χ3n) is 2.95. The maximum atomic E-state index is 10.7. The zero-order chi connectivity index (χ0) is 15.4. The van der Waals surface area contributed by atoms with Gasteiger partial charge in [-0.25, -0.2) is 0 Å². The monoisotopic (exact) mass is 307 g/mol. The molecule has 6 nitrogen and oxygen atoms in total. The van der Waals surface area contributed by atoms with E-state index in [9.17, 15) is 4.79 Å². The highest BCUT2D eigenvalue weighted by atomic mass is 32.2. The predicted octanol–water partition coefficient (Wildman–Crippen LogP) is 2.46. The number of carbonyl (C=O) groups is 1. The molecule has 0 spiro atoms. The summed E-state index contributed by atoms with van der Waals surface area (Å²) in [5, 5.41) is 17.7. The number of aromatic nitrogens is 3. The highest BCUT2D eigenvalue weighted by Crippen LogP contribution is 2.31. The molecular formula is C14H17N3O3S. The normalized spacial score (nSPS) is 10.6. The first kappa shape index (κ1) is 15.4.